The molecule has 9 nitrogen and oxygen atoms in total. The second-order valence-electron chi connectivity index (χ2n) is 9.90. The van der Waals surface area contributed by atoms with Gasteiger partial charge in [-0.1, -0.05) is 30.3 Å². The number of aliphatic hydroxyl groups excluding tert-OH is 1. The summed E-state index contributed by atoms with van der Waals surface area (Å²) in [5.41, 5.74) is 4.26. The highest BCUT2D eigenvalue weighted by molar-refractivity contribution is 6.04. The first kappa shape index (κ1) is 29.4. The maximum atomic E-state index is 15.3. The molecule has 4 N–H and O–H groups in total. The summed E-state index contributed by atoms with van der Waals surface area (Å²) >= 11 is 0. The summed E-state index contributed by atoms with van der Waals surface area (Å²) in [7, 11) is 2.79. The molecule has 0 radical (unpaired) electrons. The number of anilines is 1. The third-order valence-electron chi connectivity index (χ3n) is 7.06. The summed E-state index contributed by atoms with van der Waals surface area (Å²) in [6, 6.07) is 14.5. The van der Waals surface area contributed by atoms with E-state index in [0.717, 1.165) is 38.6 Å². The Morgan fingerprint density at radius 2 is 1.73 bits per heavy atom. The van der Waals surface area contributed by atoms with Gasteiger partial charge < -0.3 is 25.5 Å². The van der Waals surface area contributed by atoms with E-state index in [-0.39, 0.29) is 12.1 Å². The zero-order valence-corrected chi connectivity index (χ0v) is 23.6. The van der Waals surface area contributed by atoms with Crippen LogP contribution in [0.15, 0.2) is 64.3 Å². The predicted octanol–water partition coefficient (Wildman–Crippen LogP) is 3.89. The summed E-state index contributed by atoms with van der Waals surface area (Å²) < 4.78 is 21.6. The van der Waals surface area contributed by atoms with Crippen LogP contribution in [0.2, 0.25) is 0 Å². The molecule has 10 heteroatoms. The molecule has 0 aliphatic carbocycles. The lowest BCUT2D eigenvalue weighted by atomic mass is 9.90. The molecule has 1 amide bonds. The number of carbonyl (C=O) groups excluding carboxylic acids is 1. The number of benzene rings is 3. The van der Waals surface area contributed by atoms with Gasteiger partial charge in [0.25, 0.3) is 11.5 Å². The Balaban J connectivity index is 1.69. The topological polar surface area (TPSA) is 125 Å². The van der Waals surface area contributed by atoms with E-state index in [2.05, 4.69) is 15.6 Å². The van der Waals surface area contributed by atoms with Crippen molar-refractivity contribution in [1.29, 1.82) is 0 Å². The van der Waals surface area contributed by atoms with Gasteiger partial charge in [-0.3, -0.25) is 14.2 Å². The Kier molecular flexibility index (Phi) is 8.85. The Hall–Kier alpha value is -4.54. The van der Waals surface area contributed by atoms with Gasteiger partial charge in [0, 0.05) is 37.6 Å². The standard InChI is InChI=1S/C31H33FN4O5/c1-17(37)14-33-15-24-26(32)12-20(13-28(24)41-5)21-8-6-9-22(18(21)2)23-10-7-11-27(19(23)3)35-29(38)25-16-34-31(40)36(4)30(25)39/h6-13,16-17,33,37H,14-15H2,1-5H3,(H,34,40)(H,35,38)/t17-/m1/s1. The van der Waals surface area contributed by atoms with Crippen molar-refractivity contribution < 1.29 is 19.0 Å². The number of aliphatic hydroxyl groups is 1. The Labute approximate surface area is 236 Å². The molecular weight excluding hydrogens is 527 g/mol. The quantitative estimate of drug-likeness (QED) is 0.246. The number of aromatic nitrogens is 2. The van der Waals surface area contributed by atoms with Gasteiger partial charge in [0.2, 0.25) is 0 Å². The van der Waals surface area contributed by atoms with Gasteiger partial charge in [-0.25, -0.2) is 9.18 Å². The molecule has 0 unspecified atom stereocenters. The second-order valence-corrected chi connectivity index (χ2v) is 9.90. The zero-order valence-electron chi connectivity index (χ0n) is 23.6. The molecule has 0 spiro atoms. The minimum absolute atomic E-state index is 0.185. The van der Waals surface area contributed by atoms with E-state index in [9.17, 15) is 19.5 Å². The number of nitrogens with zero attached hydrogens (tertiary/aromatic N) is 1. The van der Waals surface area contributed by atoms with Gasteiger partial charge in [0.1, 0.15) is 17.1 Å². The molecule has 1 aromatic heterocycles. The van der Waals surface area contributed by atoms with Crippen LogP contribution in [0.5, 0.6) is 5.75 Å². The number of halogens is 1. The van der Waals surface area contributed by atoms with E-state index in [1.165, 1.54) is 20.2 Å². The first-order valence-corrected chi connectivity index (χ1v) is 13.1. The monoisotopic (exact) mass is 560 g/mol. The van der Waals surface area contributed by atoms with E-state index < -0.39 is 29.1 Å². The lowest BCUT2D eigenvalue weighted by Crippen LogP contribution is -2.37. The number of aromatic amines is 1. The van der Waals surface area contributed by atoms with Gasteiger partial charge in [0.15, 0.2) is 0 Å². The fraction of sp³-hybridized carbons (Fsp3) is 0.258. The van der Waals surface area contributed by atoms with Gasteiger partial charge in [0.05, 0.1) is 13.2 Å². The SMILES string of the molecule is COc1cc(-c2cccc(-c3cccc(NC(=O)c4c[nH]c(=O)n(C)c4=O)c3C)c2C)cc(F)c1CNC[C@@H](C)O. The van der Waals surface area contributed by atoms with E-state index in [1.54, 1.807) is 25.1 Å². The molecule has 1 atom stereocenters. The molecule has 0 saturated carbocycles. The third kappa shape index (κ3) is 6.13. The molecule has 41 heavy (non-hydrogen) atoms. The third-order valence-corrected chi connectivity index (χ3v) is 7.06. The average Bonchev–Trinajstić information content (AvgIpc) is 2.93. The minimum atomic E-state index is -0.698. The molecule has 1 heterocycles. The number of carbonyl (C=O) groups is 1. The molecule has 4 rings (SSSR count). The highest BCUT2D eigenvalue weighted by atomic mass is 19.1. The first-order valence-electron chi connectivity index (χ1n) is 13.1. The Morgan fingerprint density at radius 3 is 2.41 bits per heavy atom. The predicted molar refractivity (Wildman–Crippen MR) is 157 cm³/mol. The largest absolute Gasteiger partial charge is 0.496 e. The lowest BCUT2D eigenvalue weighted by molar-refractivity contribution is 0.102. The number of rotatable bonds is 9. The van der Waals surface area contributed by atoms with Crippen LogP contribution in [0.1, 0.15) is 34.0 Å². The molecular formula is C31H33FN4O5. The summed E-state index contributed by atoms with van der Waals surface area (Å²) in [6.07, 6.45) is 0.551. The highest BCUT2D eigenvalue weighted by Crippen LogP contribution is 2.37. The van der Waals surface area contributed by atoms with Gasteiger partial charge in [-0.15, -0.1) is 0 Å². The first-order chi connectivity index (χ1) is 19.5. The zero-order chi connectivity index (χ0) is 29.8. The molecule has 0 aliphatic rings. The number of amides is 1. The van der Waals surface area contributed by atoms with E-state index in [0.29, 0.717) is 29.1 Å². The van der Waals surface area contributed by atoms with Crippen molar-refractivity contribution in [2.75, 3.05) is 19.0 Å². The summed E-state index contributed by atoms with van der Waals surface area (Å²) in [5.74, 6) is -0.660. The van der Waals surface area contributed by atoms with Crippen LogP contribution in [-0.2, 0) is 13.6 Å². The average molecular weight is 561 g/mol. The molecule has 0 saturated heterocycles. The molecule has 3 aromatic carbocycles. The van der Waals surface area contributed by atoms with Crippen LogP contribution in [0.3, 0.4) is 0 Å². The van der Waals surface area contributed by atoms with E-state index in [1.807, 2.05) is 38.1 Å². The second kappa shape index (κ2) is 12.3. The van der Waals surface area contributed by atoms with E-state index in [4.69, 9.17) is 4.74 Å². The van der Waals surface area contributed by atoms with Crippen LogP contribution in [-0.4, -0.2) is 40.3 Å². The molecule has 0 fully saturated rings. The Morgan fingerprint density at radius 1 is 1.07 bits per heavy atom. The number of nitrogens with one attached hydrogen (secondary N) is 3. The van der Waals surface area contributed by atoms with Gasteiger partial charge >= 0.3 is 5.69 Å². The number of hydrogen-bond acceptors (Lipinski definition) is 6. The Bertz CT molecular complexity index is 1730. The van der Waals surface area contributed by atoms with Crippen molar-refractivity contribution in [3.8, 4) is 28.0 Å². The van der Waals surface area contributed by atoms with E-state index >= 15 is 4.39 Å². The van der Waals surface area contributed by atoms with Gasteiger partial charge in [-0.2, -0.15) is 0 Å². The fourth-order valence-corrected chi connectivity index (χ4v) is 4.75. The van der Waals surface area contributed by atoms with Gasteiger partial charge in [-0.05, 0) is 72.4 Å². The van der Waals surface area contributed by atoms with Crippen LogP contribution in [0.4, 0.5) is 10.1 Å². The van der Waals surface area contributed by atoms with Crippen molar-refractivity contribution in [1.82, 2.24) is 14.9 Å². The smallest absolute Gasteiger partial charge is 0.328 e. The molecule has 4 aromatic rings. The van der Waals surface area contributed by atoms with Crippen molar-refractivity contribution in [2.45, 2.75) is 33.4 Å². The minimum Gasteiger partial charge on any atom is -0.496 e. The number of hydrogen-bond donors (Lipinski definition) is 4. The van der Waals surface area contributed by atoms with Crippen molar-refractivity contribution >= 4 is 11.6 Å². The van der Waals surface area contributed by atoms with Crippen LogP contribution < -0.4 is 26.6 Å². The molecule has 0 bridgehead atoms. The van der Waals surface area contributed by atoms with Crippen LogP contribution in [0, 0.1) is 19.7 Å². The summed E-state index contributed by atoms with van der Waals surface area (Å²) in [4.78, 5) is 39.4. The molecule has 214 valence electrons. The summed E-state index contributed by atoms with van der Waals surface area (Å²) in [6.45, 7) is 6.00. The van der Waals surface area contributed by atoms with Crippen molar-refractivity contribution in [3.63, 3.8) is 0 Å². The summed E-state index contributed by atoms with van der Waals surface area (Å²) in [5, 5.41) is 15.3. The van der Waals surface area contributed by atoms with Crippen LogP contribution in [0.25, 0.3) is 22.3 Å². The fourth-order valence-electron chi connectivity index (χ4n) is 4.75. The highest BCUT2D eigenvalue weighted by Gasteiger charge is 2.18. The molecule has 0 aliphatic heterocycles. The normalized spacial score (nSPS) is 11.8. The maximum Gasteiger partial charge on any atom is 0.328 e. The maximum absolute atomic E-state index is 15.3. The number of ether oxygens (including phenoxy) is 1. The van der Waals surface area contributed by atoms with Crippen LogP contribution >= 0.6 is 0 Å². The van der Waals surface area contributed by atoms with Crippen molar-refractivity contribution in [2.24, 2.45) is 7.05 Å². The van der Waals surface area contributed by atoms with Crippen molar-refractivity contribution in [3.05, 3.63) is 104 Å². The lowest BCUT2D eigenvalue weighted by Gasteiger charge is -2.18. The number of H-pyrrole nitrogens is 1. The number of methoxy groups -OCH3 is 1.